The quantitative estimate of drug-likeness (QED) is 0.894. The highest BCUT2D eigenvalue weighted by Gasteiger charge is 2.09. The van der Waals surface area contributed by atoms with Gasteiger partial charge in [-0.15, -0.1) is 0 Å². The number of pyridine rings is 1. The number of hydrogen-bond acceptors (Lipinski definition) is 3. The van der Waals surface area contributed by atoms with E-state index in [2.05, 4.69) is 26.2 Å². The van der Waals surface area contributed by atoms with Crippen molar-refractivity contribution in [3.05, 3.63) is 21.8 Å². The summed E-state index contributed by atoms with van der Waals surface area (Å²) in [5.74, 6) is 0.763. The van der Waals surface area contributed by atoms with Gasteiger partial charge in [-0.2, -0.15) is 0 Å². The average Bonchev–Trinajstić information content (AvgIpc) is 2.09. The van der Waals surface area contributed by atoms with Crippen LogP contribution in [-0.4, -0.2) is 17.1 Å². The van der Waals surface area contributed by atoms with Crippen molar-refractivity contribution < 1.29 is 0 Å². The molecule has 0 aliphatic rings. The first-order chi connectivity index (χ1) is 6.50. The highest BCUT2D eigenvalue weighted by Crippen LogP contribution is 2.23. The first kappa shape index (κ1) is 11.8. The number of aromatic nitrogens is 1. The van der Waals surface area contributed by atoms with Gasteiger partial charge >= 0.3 is 0 Å². The van der Waals surface area contributed by atoms with E-state index in [1.165, 1.54) is 0 Å². The van der Waals surface area contributed by atoms with Crippen molar-refractivity contribution in [3.8, 4) is 0 Å². The maximum Gasteiger partial charge on any atom is 0.140 e. The Balaban J connectivity index is 2.77. The summed E-state index contributed by atoms with van der Waals surface area (Å²) < 4.78 is 0.845. The third-order valence-electron chi connectivity index (χ3n) is 1.96. The number of nitrogens with two attached hydrogens (primary N) is 1. The monoisotopic (exact) mass is 277 g/mol. The topological polar surface area (TPSA) is 50.9 Å². The number of nitrogens with zero attached hydrogens (tertiary/aromatic N) is 1. The molecule has 1 aromatic rings. The fourth-order valence-corrected chi connectivity index (χ4v) is 1.62. The zero-order valence-electron chi connectivity index (χ0n) is 8.09. The third-order valence-corrected chi connectivity index (χ3v) is 2.77. The first-order valence-electron chi connectivity index (χ1n) is 4.34. The summed E-state index contributed by atoms with van der Waals surface area (Å²) in [5, 5.41) is 3.80. The van der Waals surface area contributed by atoms with Gasteiger partial charge in [0.2, 0.25) is 0 Å². The van der Waals surface area contributed by atoms with Crippen LogP contribution < -0.4 is 11.1 Å². The second-order valence-corrected chi connectivity index (χ2v) is 4.57. The molecule has 2 unspecified atom stereocenters. The maximum atomic E-state index is 5.77. The minimum absolute atomic E-state index is 0.0689. The van der Waals surface area contributed by atoms with E-state index in [-0.39, 0.29) is 12.1 Å². The Morgan fingerprint density at radius 3 is 2.71 bits per heavy atom. The first-order valence-corrected chi connectivity index (χ1v) is 5.51. The summed E-state index contributed by atoms with van der Waals surface area (Å²) in [7, 11) is 0. The summed E-state index contributed by atoms with van der Waals surface area (Å²) in [5.41, 5.74) is 5.73. The van der Waals surface area contributed by atoms with E-state index in [4.69, 9.17) is 17.3 Å². The van der Waals surface area contributed by atoms with Crippen LogP contribution in [0.4, 0.5) is 5.82 Å². The Labute approximate surface area is 97.2 Å². The second-order valence-electron chi connectivity index (χ2n) is 3.28. The molecule has 0 saturated heterocycles. The van der Waals surface area contributed by atoms with Crippen LogP contribution in [0.2, 0.25) is 5.02 Å². The van der Waals surface area contributed by atoms with Crippen LogP contribution in [0.3, 0.4) is 0 Å². The molecule has 2 atom stereocenters. The maximum absolute atomic E-state index is 5.77. The van der Waals surface area contributed by atoms with E-state index in [0.29, 0.717) is 5.02 Å². The van der Waals surface area contributed by atoms with E-state index >= 15 is 0 Å². The minimum Gasteiger partial charge on any atom is -0.365 e. The predicted molar refractivity (Wildman–Crippen MR) is 63.7 cm³/mol. The van der Waals surface area contributed by atoms with E-state index < -0.39 is 0 Å². The molecule has 0 spiro atoms. The standard InChI is InChI=1S/C9H13BrClN3/c1-5(12)6(2)14-9-8(10)3-7(11)4-13-9/h3-6H,12H2,1-2H3,(H,13,14). The largest absolute Gasteiger partial charge is 0.365 e. The van der Waals surface area contributed by atoms with Gasteiger partial charge in [0.05, 0.1) is 9.50 Å². The van der Waals surface area contributed by atoms with E-state index in [1.807, 2.05) is 13.8 Å². The molecule has 1 heterocycles. The SMILES string of the molecule is CC(N)C(C)Nc1ncc(Cl)cc1Br. The highest BCUT2D eigenvalue weighted by molar-refractivity contribution is 9.10. The molecule has 78 valence electrons. The lowest BCUT2D eigenvalue weighted by Crippen LogP contribution is -2.35. The van der Waals surface area contributed by atoms with Gasteiger partial charge in [0.1, 0.15) is 5.82 Å². The summed E-state index contributed by atoms with van der Waals surface area (Å²) >= 11 is 9.15. The van der Waals surface area contributed by atoms with Crippen LogP contribution in [0.25, 0.3) is 0 Å². The highest BCUT2D eigenvalue weighted by atomic mass is 79.9. The Kier molecular flexibility index (Phi) is 4.16. The molecule has 0 bridgehead atoms. The van der Waals surface area contributed by atoms with Crippen molar-refractivity contribution in [1.82, 2.24) is 4.98 Å². The molecule has 1 rings (SSSR count). The lowest BCUT2D eigenvalue weighted by molar-refractivity contribution is 0.636. The second kappa shape index (κ2) is 4.96. The van der Waals surface area contributed by atoms with Gasteiger partial charge in [0.25, 0.3) is 0 Å². The zero-order chi connectivity index (χ0) is 10.7. The van der Waals surface area contributed by atoms with E-state index in [9.17, 15) is 0 Å². The van der Waals surface area contributed by atoms with Crippen molar-refractivity contribution in [2.45, 2.75) is 25.9 Å². The van der Waals surface area contributed by atoms with Gasteiger partial charge in [0, 0.05) is 18.3 Å². The van der Waals surface area contributed by atoms with Crippen LogP contribution >= 0.6 is 27.5 Å². The van der Waals surface area contributed by atoms with Crippen molar-refractivity contribution in [2.24, 2.45) is 5.73 Å². The number of anilines is 1. The fraction of sp³-hybridized carbons (Fsp3) is 0.444. The lowest BCUT2D eigenvalue weighted by atomic mass is 10.2. The molecule has 0 aliphatic heterocycles. The zero-order valence-corrected chi connectivity index (χ0v) is 10.4. The van der Waals surface area contributed by atoms with Crippen molar-refractivity contribution in [2.75, 3.05) is 5.32 Å². The predicted octanol–water partition coefficient (Wildman–Crippen LogP) is 2.65. The van der Waals surface area contributed by atoms with Crippen LogP contribution in [0.1, 0.15) is 13.8 Å². The molecule has 0 radical (unpaired) electrons. The van der Waals surface area contributed by atoms with Crippen LogP contribution in [0.5, 0.6) is 0 Å². The van der Waals surface area contributed by atoms with E-state index in [0.717, 1.165) is 10.3 Å². The number of nitrogens with one attached hydrogen (secondary N) is 1. The molecule has 14 heavy (non-hydrogen) atoms. The van der Waals surface area contributed by atoms with Crippen molar-refractivity contribution >= 4 is 33.3 Å². The molecule has 0 saturated carbocycles. The molecule has 0 aromatic carbocycles. The molecule has 0 aliphatic carbocycles. The van der Waals surface area contributed by atoms with Crippen molar-refractivity contribution in [1.29, 1.82) is 0 Å². The molecular weight excluding hydrogens is 265 g/mol. The molecule has 3 nitrogen and oxygen atoms in total. The third kappa shape index (κ3) is 3.12. The molecular formula is C9H13BrClN3. The van der Waals surface area contributed by atoms with Crippen LogP contribution in [0.15, 0.2) is 16.7 Å². The molecule has 0 fully saturated rings. The summed E-state index contributed by atoms with van der Waals surface area (Å²) in [4.78, 5) is 4.15. The summed E-state index contributed by atoms with van der Waals surface area (Å²) in [6.45, 7) is 3.95. The Bertz CT molecular complexity index is 317. The average molecular weight is 279 g/mol. The molecule has 1 aromatic heterocycles. The molecule has 5 heteroatoms. The summed E-state index contributed by atoms with van der Waals surface area (Å²) in [6.07, 6.45) is 1.60. The van der Waals surface area contributed by atoms with Crippen LogP contribution in [0, 0.1) is 0 Å². The summed E-state index contributed by atoms with van der Waals surface area (Å²) in [6, 6.07) is 2.03. The van der Waals surface area contributed by atoms with Gasteiger partial charge in [0.15, 0.2) is 0 Å². The van der Waals surface area contributed by atoms with Gasteiger partial charge in [-0.1, -0.05) is 11.6 Å². The molecule has 3 N–H and O–H groups in total. The Hall–Kier alpha value is -0.320. The number of hydrogen-bond donors (Lipinski definition) is 2. The van der Waals surface area contributed by atoms with Gasteiger partial charge in [-0.3, -0.25) is 0 Å². The van der Waals surface area contributed by atoms with Gasteiger partial charge in [-0.05, 0) is 35.8 Å². The van der Waals surface area contributed by atoms with Crippen molar-refractivity contribution in [3.63, 3.8) is 0 Å². The minimum atomic E-state index is 0.0689. The fourth-order valence-electron chi connectivity index (χ4n) is 0.868. The van der Waals surface area contributed by atoms with Crippen LogP contribution in [-0.2, 0) is 0 Å². The number of rotatable bonds is 3. The Morgan fingerprint density at radius 2 is 2.21 bits per heavy atom. The van der Waals surface area contributed by atoms with Gasteiger partial charge in [-0.25, -0.2) is 4.98 Å². The van der Waals surface area contributed by atoms with Gasteiger partial charge < -0.3 is 11.1 Å². The molecule has 0 amide bonds. The van der Waals surface area contributed by atoms with E-state index in [1.54, 1.807) is 12.3 Å². The Morgan fingerprint density at radius 1 is 1.57 bits per heavy atom. The smallest absolute Gasteiger partial charge is 0.140 e. The normalized spacial score (nSPS) is 14.9. The number of halogens is 2. The lowest BCUT2D eigenvalue weighted by Gasteiger charge is -2.18.